The highest BCUT2D eigenvalue weighted by atomic mass is 35.5. The predicted octanol–water partition coefficient (Wildman–Crippen LogP) is 5.32. The molecule has 2 aromatic heterocycles. The summed E-state index contributed by atoms with van der Waals surface area (Å²) in [4.78, 5) is 21.2. The van der Waals surface area contributed by atoms with Gasteiger partial charge in [-0.25, -0.2) is 9.31 Å². The van der Waals surface area contributed by atoms with E-state index in [-0.39, 0.29) is 6.03 Å². The topological polar surface area (TPSA) is 62.5 Å². The third-order valence-corrected chi connectivity index (χ3v) is 6.81. The third-order valence-electron chi connectivity index (χ3n) is 5.34. The summed E-state index contributed by atoms with van der Waals surface area (Å²) in [7, 11) is 0. The van der Waals surface area contributed by atoms with Gasteiger partial charge in [-0.3, -0.25) is 0 Å². The Hall–Kier alpha value is -2.90. The number of aryl methyl sites for hydroxylation is 2. The van der Waals surface area contributed by atoms with E-state index >= 15 is 0 Å². The van der Waals surface area contributed by atoms with Gasteiger partial charge in [-0.2, -0.15) is 4.98 Å². The van der Waals surface area contributed by atoms with Crippen LogP contribution in [-0.4, -0.2) is 32.1 Å². The molecule has 0 atom stereocenters. The summed E-state index contributed by atoms with van der Waals surface area (Å²) in [5, 5.41) is 8.31. The second kappa shape index (κ2) is 7.41. The van der Waals surface area contributed by atoms with Crippen LogP contribution in [0.3, 0.4) is 0 Å². The van der Waals surface area contributed by atoms with Gasteiger partial charge in [0, 0.05) is 34.1 Å². The number of hydrogen-bond acceptors (Lipinski definition) is 4. The molecule has 30 heavy (non-hydrogen) atoms. The molecule has 0 aliphatic carbocycles. The first-order chi connectivity index (χ1) is 14.5. The first kappa shape index (κ1) is 19.1. The Bertz CT molecular complexity index is 1260. The second-order valence-electron chi connectivity index (χ2n) is 7.53. The van der Waals surface area contributed by atoms with Gasteiger partial charge in [0.25, 0.3) is 0 Å². The van der Waals surface area contributed by atoms with E-state index in [2.05, 4.69) is 24.4 Å². The average molecular weight is 438 g/mol. The predicted molar refractivity (Wildman–Crippen MR) is 120 cm³/mol. The van der Waals surface area contributed by atoms with E-state index in [0.29, 0.717) is 23.8 Å². The fourth-order valence-corrected chi connectivity index (χ4v) is 4.86. The molecule has 0 saturated carbocycles. The number of benzene rings is 2. The number of urea groups is 1. The number of anilines is 1. The lowest BCUT2D eigenvalue weighted by molar-refractivity contribution is 0.206. The molecule has 6 nitrogen and oxygen atoms in total. The van der Waals surface area contributed by atoms with E-state index in [1.54, 1.807) is 17.4 Å². The number of halogens is 1. The van der Waals surface area contributed by atoms with E-state index in [1.165, 1.54) is 5.56 Å². The normalized spacial score (nSPS) is 13.5. The van der Waals surface area contributed by atoms with Crippen LogP contribution in [0, 0.1) is 13.8 Å². The highest BCUT2D eigenvalue weighted by Gasteiger charge is 2.26. The fourth-order valence-electron chi connectivity index (χ4n) is 3.56. The Morgan fingerprint density at radius 3 is 2.73 bits per heavy atom. The molecule has 0 saturated heterocycles. The Balaban J connectivity index is 1.35. The van der Waals surface area contributed by atoms with Gasteiger partial charge < -0.3 is 10.2 Å². The molecule has 1 aliphatic rings. The number of hydrogen-bond donors (Lipinski definition) is 1. The first-order valence-electron chi connectivity index (χ1n) is 9.74. The van der Waals surface area contributed by atoms with Gasteiger partial charge in [0.2, 0.25) is 4.96 Å². The molecule has 2 aromatic carbocycles. The molecule has 0 spiro atoms. The molecule has 2 amide bonds. The van der Waals surface area contributed by atoms with Gasteiger partial charge in [-0.1, -0.05) is 58.8 Å². The third kappa shape index (κ3) is 3.44. The van der Waals surface area contributed by atoms with Crippen molar-refractivity contribution in [2.45, 2.75) is 26.8 Å². The lowest BCUT2D eigenvalue weighted by Gasteiger charge is -2.26. The molecule has 5 rings (SSSR count). The van der Waals surface area contributed by atoms with E-state index < -0.39 is 0 Å². The second-order valence-corrected chi connectivity index (χ2v) is 9.00. The van der Waals surface area contributed by atoms with Crippen LogP contribution in [0.5, 0.6) is 0 Å². The molecule has 3 heterocycles. The summed E-state index contributed by atoms with van der Waals surface area (Å²) in [6.07, 6.45) is 0.744. The molecule has 0 radical (unpaired) electrons. The van der Waals surface area contributed by atoms with Crippen LogP contribution >= 0.6 is 22.9 Å². The van der Waals surface area contributed by atoms with Crippen LogP contribution in [0.2, 0.25) is 5.02 Å². The van der Waals surface area contributed by atoms with Gasteiger partial charge in [-0.15, -0.1) is 5.10 Å². The van der Waals surface area contributed by atoms with E-state index in [1.807, 2.05) is 40.6 Å². The number of nitrogens with zero attached hydrogens (tertiary/aromatic N) is 4. The molecule has 0 fully saturated rings. The first-order valence-corrected chi connectivity index (χ1v) is 10.9. The quantitative estimate of drug-likeness (QED) is 0.461. The standard InChI is InChI=1S/C22H20ClN5OS/c1-13-3-6-15(7-4-13)20-25-22-28(26-20)18-9-10-27(12-19(18)30-22)21(29)24-16-8-5-14(2)17(23)11-16/h3-8,11H,9-10,12H2,1-2H3,(H,24,29). The molecule has 4 aromatic rings. The summed E-state index contributed by atoms with van der Waals surface area (Å²) < 4.78 is 1.93. The maximum Gasteiger partial charge on any atom is 0.322 e. The van der Waals surface area contributed by atoms with Crippen molar-refractivity contribution >= 4 is 39.6 Å². The zero-order valence-electron chi connectivity index (χ0n) is 16.6. The molecular weight excluding hydrogens is 418 g/mol. The van der Waals surface area contributed by atoms with Crippen LogP contribution in [0.15, 0.2) is 42.5 Å². The summed E-state index contributed by atoms with van der Waals surface area (Å²) in [6, 6.07) is 13.6. The maximum atomic E-state index is 12.7. The van der Waals surface area contributed by atoms with Crippen LogP contribution in [0.25, 0.3) is 16.3 Å². The van der Waals surface area contributed by atoms with Gasteiger partial charge in [-0.05, 0) is 31.5 Å². The highest BCUT2D eigenvalue weighted by Crippen LogP contribution is 2.30. The summed E-state index contributed by atoms with van der Waals surface area (Å²) in [6.45, 7) is 5.18. The zero-order chi connectivity index (χ0) is 20.8. The lowest BCUT2D eigenvalue weighted by Crippen LogP contribution is -2.38. The Morgan fingerprint density at radius 1 is 1.17 bits per heavy atom. The van der Waals surface area contributed by atoms with Crippen LogP contribution in [0.1, 0.15) is 21.7 Å². The summed E-state index contributed by atoms with van der Waals surface area (Å²) in [5.74, 6) is 0.737. The molecule has 1 aliphatic heterocycles. The number of amides is 2. The molecule has 1 N–H and O–H groups in total. The summed E-state index contributed by atoms with van der Waals surface area (Å²) in [5.41, 5.74) is 5.05. The Morgan fingerprint density at radius 2 is 1.97 bits per heavy atom. The largest absolute Gasteiger partial charge is 0.322 e. The number of aromatic nitrogens is 3. The summed E-state index contributed by atoms with van der Waals surface area (Å²) >= 11 is 7.76. The van der Waals surface area contributed by atoms with Crippen molar-refractivity contribution in [3.63, 3.8) is 0 Å². The van der Waals surface area contributed by atoms with Crippen molar-refractivity contribution in [3.8, 4) is 11.4 Å². The molecule has 152 valence electrons. The van der Waals surface area contributed by atoms with Crippen molar-refractivity contribution in [3.05, 3.63) is 69.2 Å². The number of fused-ring (bicyclic) bond motifs is 3. The van der Waals surface area contributed by atoms with Gasteiger partial charge in [0.05, 0.1) is 12.2 Å². The smallest absolute Gasteiger partial charge is 0.319 e. The van der Waals surface area contributed by atoms with Crippen LogP contribution in [-0.2, 0) is 13.0 Å². The van der Waals surface area contributed by atoms with E-state index in [9.17, 15) is 4.79 Å². The van der Waals surface area contributed by atoms with Crippen molar-refractivity contribution in [1.29, 1.82) is 0 Å². The highest BCUT2D eigenvalue weighted by molar-refractivity contribution is 7.17. The van der Waals surface area contributed by atoms with Crippen LogP contribution in [0.4, 0.5) is 10.5 Å². The zero-order valence-corrected chi connectivity index (χ0v) is 18.2. The van der Waals surface area contributed by atoms with Crippen molar-refractivity contribution in [2.75, 3.05) is 11.9 Å². The number of nitrogens with one attached hydrogen (secondary N) is 1. The number of rotatable bonds is 2. The number of carbonyl (C=O) groups excluding carboxylic acids is 1. The molecule has 0 unspecified atom stereocenters. The van der Waals surface area contributed by atoms with Crippen molar-refractivity contribution in [1.82, 2.24) is 19.5 Å². The molecule has 8 heteroatoms. The lowest BCUT2D eigenvalue weighted by atomic mass is 10.1. The Kier molecular flexibility index (Phi) is 4.72. The van der Waals surface area contributed by atoms with Gasteiger partial charge >= 0.3 is 6.03 Å². The van der Waals surface area contributed by atoms with E-state index in [0.717, 1.165) is 38.9 Å². The minimum Gasteiger partial charge on any atom is -0.319 e. The number of carbonyl (C=O) groups is 1. The SMILES string of the molecule is Cc1ccc(-c2nc3sc4c(n3n2)CCN(C(=O)Nc2ccc(C)c(Cl)c2)C4)cc1. The monoisotopic (exact) mass is 437 g/mol. The van der Waals surface area contributed by atoms with Crippen molar-refractivity contribution < 1.29 is 4.79 Å². The van der Waals surface area contributed by atoms with Crippen molar-refractivity contribution in [2.24, 2.45) is 0 Å². The van der Waals surface area contributed by atoms with E-state index in [4.69, 9.17) is 21.7 Å². The number of thiazole rings is 1. The van der Waals surface area contributed by atoms with Gasteiger partial charge in [0.1, 0.15) is 0 Å². The molecular formula is C22H20ClN5OS. The molecule has 0 bridgehead atoms. The maximum absolute atomic E-state index is 12.7. The minimum absolute atomic E-state index is 0.125. The van der Waals surface area contributed by atoms with Crippen LogP contribution < -0.4 is 5.32 Å². The average Bonchev–Trinajstić information content (AvgIpc) is 3.28. The Labute approximate surface area is 183 Å². The van der Waals surface area contributed by atoms with Gasteiger partial charge in [0.15, 0.2) is 5.82 Å². The fraction of sp³-hybridized carbons (Fsp3) is 0.227. The minimum atomic E-state index is -0.125.